The van der Waals surface area contributed by atoms with Crippen molar-refractivity contribution in [1.82, 2.24) is 9.13 Å². The second-order valence-electron chi connectivity index (χ2n) is 9.34. The molecule has 0 fully saturated rings. The number of rotatable bonds is 5. The summed E-state index contributed by atoms with van der Waals surface area (Å²) in [4.78, 5) is 0. The van der Waals surface area contributed by atoms with Gasteiger partial charge in [-0.15, -0.1) is 0 Å². The van der Waals surface area contributed by atoms with Crippen LogP contribution in [0.3, 0.4) is 0 Å². The van der Waals surface area contributed by atoms with Crippen molar-refractivity contribution >= 4 is 21.8 Å². The lowest BCUT2D eigenvalue weighted by molar-refractivity contribution is 0.118. The Hall–Kier alpha value is -3.16. The molecule has 2 aromatic carbocycles. The number of benzene rings is 2. The van der Waals surface area contributed by atoms with Crippen LogP contribution >= 0.6 is 0 Å². The zero-order valence-corrected chi connectivity index (χ0v) is 19.4. The first-order chi connectivity index (χ1) is 15.4. The smallest absolute Gasteiger partial charge is 0.192 e. The fourth-order valence-electron chi connectivity index (χ4n) is 4.05. The second kappa shape index (κ2) is 8.01. The number of aromatic nitrogens is 2. The molecular weight excluding hydrogens is 436 g/mol. The number of nitrogens with zero attached hydrogens (tertiary/aromatic N) is 2. The van der Waals surface area contributed by atoms with E-state index < -0.39 is 40.7 Å². The molecule has 0 N–H and O–H groups in total. The Morgan fingerprint density at radius 3 is 2.30 bits per heavy atom. The minimum absolute atomic E-state index is 0.133. The summed E-state index contributed by atoms with van der Waals surface area (Å²) in [6.07, 6.45) is 1.27. The van der Waals surface area contributed by atoms with Crippen molar-refractivity contribution in [1.29, 1.82) is 0 Å². The average molecular weight is 462 g/mol. The van der Waals surface area contributed by atoms with Crippen molar-refractivity contribution < 1.29 is 27.0 Å². The monoisotopic (exact) mass is 462 g/mol. The maximum absolute atomic E-state index is 15.1. The van der Waals surface area contributed by atoms with Crippen LogP contribution in [0.4, 0.5) is 17.6 Å². The predicted molar refractivity (Wildman–Crippen MR) is 120 cm³/mol. The summed E-state index contributed by atoms with van der Waals surface area (Å²) in [5, 5.41) is 0.344. The van der Waals surface area contributed by atoms with E-state index in [9.17, 15) is 13.2 Å². The first-order valence-corrected chi connectivity index (χ1v) is 10.6. The fourth-order valence-corrected chi connectivity index (χ4v) is 4.05. The van der Waals surface area contributed by atoms with E-state index in [1.54, 1.807) is 58.6 Å². The molecule has 0 amide bonds. The van der Waals surface area contributed by atoms with Crippen LogP contribution in [-0.2, 0) is 20.5 Å². The molecule has 0 aliphatic heterocycles. The summed E-state index contributed by atoms with van der Waals surface area (Å²) in [5.74, 6) is -3.43. The maximum Gasteiger partial charge on any atom is 0.192 e. The molecule has 2 heterocycles. The summed E-state index contributed by atoms with van der Waals surface area (Å²) >= 11 is 0. The van der Waals surface area contributed by atoms with Crippen molar-refractivity contribution in [2.45, 2.75) is 45.8 Å². The van der Waals surface area contributed by atoms with E-state index in [0.29, 0.717) is 11.2 Å². The van der Waals surface area contributed by atoms with Gasteiger partial charge in [0.2, 0.25) is 0 Å². The third-order valence-electron chi connectivity index (χ3n) is 5.54. The second-order valence-corrected chi connectivity index (χ2v) is 9.34. The Bertz CT molecular complexity index is 1370. The van der Waals surface area contributed by atoms with Crippen molar-refractivity contribution in [2.24, 2.45) is 14.1 Å². The third kappa shape index (κ3) is 4.14. The molecule has 8 heteroatoms. The standard InChI is InChI=1S/C25H26F4N2O2/c1-13(32-20-12-17(26)23-15(21(20)28)7-8-30(23)5)9-14-10-16-19(31(14)6)11-18(27)24(22(16)29)33-25(2,3)4/h7-8,10-13H,9H2,1-6H3. The van der Waals surface area contributed by atoms with Crippen molar-refractivity contribution in [2.75, 3.05) is 0 Å². The Kier molecular flexibility index (Phi) is 5.58. The number of hydrogen-bond acceptors (Lipinski definition) is 2. The van der Waals surface area contributed by atoms with Crippen LogP contribution in [0.1, 0.15) is 33.4 Å². The van der Waals surface area contributed by atoms with Crippen LogP contribution in [0.2, 0.25) is 0 Å². The summed E-state index contributed by atoms with van der Waals surface area (Å²) < 4.78 is 73.4. The van der Waals surface area contributed by atoms with Gasteiger partial charge in [-0.2, -0.15) is 0 Å². The summed E-state index contributed by atoms with van der Waals surface area (Å²) in [6, 6.07) is 5.34. The van der Waals surface area contributed by atoms with Gasteiger partial charge in [-0.25, -0.2) is 17.6 Å². The van der Waals surface area contributed by atoms with Crippen LogP contribution in [0.25, 0.3) is 21.8 Å². The lowest BCUT2D eigenvalue weighted by Gasteiger charge is -2.22. The average Bonchev–Trinajstić information content (AvgIpc) is 3.24. The van der Waals surface area contributed by atoms with Gasteiger partial charge >= 0.3 is 0 Å². The molecule has 0 bridgehead atoms. The SMILES string of the molecule is CC(Cc1cc2c(F)c(OC(C)(C)C)c(F)cc2n1C)Oc1cc(F)c2c(ccn2C)c1F. The molecule has 4 aromatic rings. The molecule has 0 spiro atoms. The third-order valence-corrected chi connectivity index (χ3v) is 5.54. The van der Waals surface area contributed by atoms with Gasteiger partial charge in [-0.3, -0.25) is 0 Å². The van der Waals surface area contributed by atoms with Crippen molar-refractivity contribution in [3.8, 4) is 11.5 Å². The van der Waals surface area contributed by atoms with Crippen LogP contribution in [0.5, 0.6) is 11.5 Å². The topological polar surface area (TPSA) is 28.3 Å². The minimum atomic E-state index is -0.791. The fraction of sp³-hybridized carbons (Fsp3) is 0.360. The molecule has 0 radical (unpaired) electrons. The van der Waals surface area contributed by atoms with Crippen LogP contribution in [0, 0.1) is 23.3 Å². The van der Waals surface area contributed by atoms with Crippen LogP contribution in [0.15, 0.2) is 30.5 Å². The number of aryl methyl sites for hydroxylation is 2. The summed E-state index contributed by atoms with van der Waals surface area (Å²) in [7, 11) is 3.32. The number of halogens is 4. The number of fused-ring (bicyclic) bond motifs is 2. The molecule has 176 valence electrons. The summed E-state index contributed by atoms with van der Waals surface area (Å²) in [6.45, 7) is 6.83. The molecule has 1 unspecified atom stereocenters. The molecule has 1 atom stereocenters. The highest BCUT2D eigenvalue weighted by molar-refractivity contribution is 5.84. The van der Waals surface area contributed by atoms with Crippen molar-refractivity contribution in [3.05, 3.63) is 59.4 Å². The Balaban J connectivity index is 1.64. The van der Waals surface area contributed by atoms with Crippen LogP contribution < -0.4 is 9.47 Å². The maximum atomic E-state index is 15.1. The molecule has 4 nitrogen and oxygen atoms in total. The first kappa shape index (κ1) is 23.0. The van der Waals surface area contributed by atoms with Crippen molar-refractivity contribution in [3.63, 3.8) is 0 Å². The van der Waals surface area contributed by atoms with Gasteiger partial charge in [0.05, 0.1) is 11.0 Å². The highest BCUT2D eigenvalue weighted by atomic mass is 19.1. The molecule has 0 aliphatic carbocycles. The Morgan fingerprint density at radius 2 is 1.64 bits per heavy atom. The molecule has 4 rings (SSSR count). The van der Waals surface area contributed by atoms with Gasteiger partial charge in [0, 0.05) is 55.3 Å². The highest BCUT2D eigenvalue weighted by Crippen LogP contribution is 2.35. The van der Waals surface area contributed by atoms with Gasteiger partial charge in [0.1, 0.15) is 11.7 Å². The van der Waals surface area contributed by atoms with E-state index in [2.05, 4.69) is 0 Å². The Labute approximate surface area is 189 Å². The lowest BCUT2D eigenvalue weighted by Crippen LogP contribution is -2.24. The largest absolute Gasteiger partial charge is 0.487 e. The molecule has 0 saturated heterocycles. The highest BCUT2D eigenvalue weighted by Gasteiger charge is 2.24. The van der Waals surface area contributed by atoms with Gasteiger partial charge in [-0.1, -0.05) is 0 Å². The van der Waals surface area contributed by atoms with E-state index in [1.165, 1.54) is 16.7 Å². The summed E-state index contributed by atoms with van der Waals surface area (Å²) in [5.41, 5.74) is 0.392. The van der Waals surface area contributed by atoms with E-state index in [-0.39, 0.29) is 28.5 Å². The van der Waals surface area contributed by atoms with Gasteiger partial charge in [0.15, 0.2) is 34.8 Å². The molecule has 0 aliphatic rings. The zero-order valence-electron chi connectivity index (χ0n) is 19.4. The van der Waals surface area contributed by atoms with E-state index in [4.69, 9.17) is 9.47 Å². The first-order valence-electron chi connectivity index (χ1n) is 10.6. The van der Waals surface area contributed by atoms with E-state index >= 15 is 4.39 Å². The van der Waals surface area contributed by atoms with Gasteiger partial charge < -0.3 is 18.6 Å². The van der Waals surface area contributed by atoms with E-state index in [0.717, 1.165) is 6.07 Å². The number of hydrogen-bond donors (Lipinski definition) is 0. The molecular formula is C25H26F4N2O2. The van der Waals surface area contributed by atoms with Gasteiger partial charge in [-0.05, 0) is 39.8 Å². The normalized spacial score (nSPS) is 13.2. The molecule has 2 aromatic heterocycles. The zero-order chi connectivity index (χ0) is 24.2. The van der Waals surface area contributed by atoms with Crippen LogP contribution in [-0.4, -0.2) is 20.8 Å². The minimum Gasteiger partial charge on any atom is -0.487 e. The van der Waals surface area contributed by atoms with E-state index in [1.807, 2.05) is 0 Å². The number of ether oxygens (including phenoxy) is 2. The molecule has 0 saturated carbocycles. The quantitative estimate of drug-likeness (QED) is 0.321. The lowest BCUT2D eigenvalue weighted by atomic mass is 10.1. The predicted octanol–water partition coefficient (Wildman–Crippen LogP) is 6.41. The van der Waals surface area contributed by atoms with Gasteiger partial charge in [0.25, 0.3) is 0 Å². The molecule has 33 heavy (non-hydrogen) atoms. The Morgan fingerprint density at radius 1 is 0.939 bits per heavy atom.